The second-order valence-electron chi connectivity index (χ2n) is 5.94. The minimum Gasteiger partial charge on any atom is -0.480 e. The fourth-order valence-electron chi connectivity index (χ4n) is 2.65. The van der Waals surface area contributed by atoms with Crippen LogP contribution in [-0.2, 0) is 9.53 Å². The van der Waals surface area contributed by atoms with Crippen molar-refractivity contribution >= 4 is 12.0 Å². The molecule has 0 aromatic carbocycles. The lowest BCUT2D eigenvalue weighted by molar-refractivity contribution is -0.144. The Bertz CT molecular complexity index is 364. The number of carbonyl (C=O) groups is 2. The highest BCUT2D eigenvalue weighted by Gasteiger charge is 2.48. The van der Waals surface area contributed by atoms with E-state index >= 15 is 0 Å². The lowest BCUT2D eigenvalue weighted by atomic mass is 9.96. The van der Waals surface area contributed by atoms with Gasteiger partial charge < -0.3 is 20.5 Å². The van der Waals surface area contributed by atoms with Crippen molar-refractivity contribution in [2.24, 2.45) is 5.92 Å². The summed E-state index contributed by atoms with van der Waals surface area (Å²) in [6, 6.07) is -0.405. The Morgan fingerprint density at radius 1 is 1.30 bits per heavy atom. The van der Waals surface area contributed by atoms with Gasteiger partial charge >= 0.3 is 12.0 Å². The molecule has 1 saturated carbocycles. The van der Waals surface area contributed by atoms with Crippen LogP contribution in [0.1, 0.15) is 45.4 Å². The van der Waals surface area contributed by atoms with Crippen molar-refractivity contribution in [3.8, 4) is 0 Å². The van der Waals surface area contributed by atoms with Crippen molar-refractivity contribution in [2.75, 3.05) is 13.2 Å². The van der Waals surface area contributed by atoms with Crippen molar-refractivity contribution < 1.29 is 19.4 Å². The maximum absolute atomic E-state index is 11.8. The molecule has 0 aromatic rings. The molecular weight excluding hydrogens is 260 g/mol. The van der Waals surface area contributed by atoms with Gasteiger partial charge in [-0.05, 0) is 51.4 Å². The molecule has 0 spiro atoms. The summed E-state index contributed by atoms with van der Waals surface area (Å²) >= 11 is 0. The molecule has 2 aliphatic rings. The van der Waals surface area contributed by atoms with Gasteiger partial charge in [0.25, 0.3) is 0 Å². The summed E-state index contributed by atoms with van der Waals surface area (Å²) in [6.45, 7) is 2.89. The second kappa shape index (κ2) is 6.43. The van der Waals surface area contributed by atoms with E-state index in [-0.39, 0.29) is 12.0 Å². The number of carboxylic acid groups (broad SMARTS) is 1. The molecule has 2 atom stereocenters. The van der Waals surface area contributed by atoms with Crippen molar-refractivity contribution in [3.05, 3.63) is 0 Å². The van der Waals surface area contributed by atoms with Crippen LogP contribution in [0.25, 0.3) is 0 Å². The third-order valence-electron chi connectivity index (χ3n) is 4.24. The first kappa shape index (κ1) is 15.1. The molecule has 2 unspecified atom stereocenters. The van der Waals surface area contributed by atoms with Crippen molar-refractivity contribution in [1.82, 2.24) is 10.6 Å². The summed E-state index contributed by atoms with van der Waals surface area (Å²) in [5.41, 5.74) is -1.15. The Morgan fingerprint density at radius 2 is 2.05 bits per heavy atom. The maximum atomic E-state index is 11.8. The zero-order chi connectivity index (χ0) is 14.6. The fraction of sp³-hybridized carbons (Fsp3) is 0.857. The number of ether oxygens (including phenoxy) is 1. The van der Waals surface area contributed by atoms with Crippen LogP contribution >= 0.6 is 0 Å². The van der Waals surface area contributed by atoms with Crippen LogP contribution in [0.2, 0.25) is 0 Å². The monoisotopic (exact) mass is 284 g/mol. The molecule has 6 nitrogen and oxygen atoms in total. The van der Waals surface area contributed by atoms with Crippen LogP contribution < -0.4 is 10.6 Å². The van der Waals surface area contributed by atoms with Gasteiger partial charge in [0.05, 0.1) is 6.10 Å². The molecule has 3 N–H and O–H groups in total. The van der Waals surface area contributed by atoms with Gasteiger partial charge in [0.2, 0.25) is 0 Å². The predicted molar refractivity (Wildman–Crippen MR) is 73.5 cm³/mol. The highest BCUT2D eigenvalue weighted by atomic mass is 16.5. The molecule has 2 rings (SSSR count). The van der Waals surface area contributed by atoms with Gasteiger partial charge in [-0.15, -0.1) is 0 Å². The number of aliphatic carboxylic acids is 1. The van der Waals surface area contributed by atoms with E-state index < -0.39 is 17.5 Å². The zero-order valence-electron chi connectivity index (χ0n) is 12.0. The smallest absolute Gasteiger partial charge is 0.329 e. The Morgan fingerprint density at radius 3 is 2.60 bits per heavy atom. The van der Waals surface area contributed by atoms with E-state index in [1.165, 1.54) is 6.42 Å². The summed E-state index contributed by atoms with van der Waals surface area (Å²) < 4.78 is 5.58. The topological polar surface area (TPSA) is 87.7 Å². The average molecular weight is 284 g/mol. The lowest BCUT2D eigenvalue weighted by Gasteiger charge is -2.27. The van der Waals surface area contributed by atoms with Gasteiger partial charge in [-0.2, -0.15) is 0 Å². The summed E-state index contributed by atoms with van der Waals surface area (Å²) in [5, 5.41) is 14.6. The van der Waals surface area contributed by atoms with Crippen LogP contribution in [0, 0.1) is 5.92 Å². The lowest BCUT2D eigenvalue weighted by Crippen LogP contribution is -2.56. The van der Waals surface area contributed by atoms with Crippen LogP contribution in [0.15, 0.2) is 0 Å². The summed E-state index contributed by atoms with van der Waals surface area (Å²) in [5.74, 6) is -0.918. The van der Waals surface area contributed by atoms with Crippen LogP contribution in [-0.4, -0.2) is 41.9 Å². The van der Waals surface area contributed by atoms with Gasteiger partial charge in [0.15, 0.2) is 0 Å². The van der Waals surface area contributed by atoms with E-state index in [9.17, 15) is 14.7 Å². The number of hydrogen-bond acceptors (Lipinski definition) is 3. The number of urea groups is 1. The number of carboxylic acids is 1. The van der Waals surface area contributed by atoms with Gasteiger partial charge in [-0.1, -0.05) is 0 Å². The van der Waals surface area contributed by atoms with Gasteiger partial charge in [-0.3, -0.25) is 0 Å². The van der Waals surface area contributed by atoms with Gasteiger partial charge in [0.1, 0.15) is 5.54 Å². The summed E-state index contributed by atoms with van der Waals surface area (Å²) in [4.78, 5) is 23.1. The standard InChI is InChI=1S/C14H24N2O4/c1-14(12(17)18,10-5-6-10)16-13(19)15-8-7-11-4-2-3-9-20-11/h10-11H,2-9H2,1H3,(H,17,18)(H2,15,16,19). The van der Waals surface area contributed by atoms with E-state index in [2.05, 4.69) is 10.6 Å². The van der Waals surface area contributed by atoms with E-state index in [1.807, 2.05) is 0 Å². The molecule has 20 heavy (non-hydrogen) atoms. The molecule has 1 heterocycles. The van der Waals surface area contributed by atoms with E-state index in [0.717, 1.165) is 38.7 Å². The molecule has 2 amide bonds. The van der Waals surface area contributed by atoms with E-state index in [0.29, 0.717) is 6.54 Å². The zero-order valence-corrected chi connectivity index (χ0v) is 12.0. The number of rotatable bonds is 6. The van der Waals surface area contributed by atoms with Crippen LogP contribution in [0.3, 0.4) is 0 Å². The first-order valence-corrected chi connectivity index (χ1v) is 7.43. The largest absolute Gasteiger partial charge is 0.480 e. The number of nitrogens with one attached hydrogen (secondary N) is 2. The SMILES string of the molecule is CC(NC(=O)NCCC1CCCCO1)(C(=O)O)C1CC1. The summed E-state index contributed by atoms with van der Waals surface area (Å²) in [7, 11) is 0. The first-order valence-electron chi connectivity index (χ1n) is 7.43. The molecule has 114 valence electrons. The van der Waals surface area contributed by atoms with Crippen LogP contribution in [0.5, 0.6) is 0 Å². The van der Waals surface area contributed by atoms with Crippen molar-refractivity contribution in [2.45, 2.75) is 57.1 Å². The van der Waals surface area contributed by atoms with E-state index in [4.69, 9.17) is 4.74 Å². The Labute approximate surface area is 119 Å². The summed E-state index contributed by atoms with van der Waals surface area (Å²) in [6.07, 6.45) is 6.05. The molecule has 1 aliphatic carbocycles. The normalized spacial score (nSPS) is 25.6. The Balaban J connectivity index is 1.70. The van der Waals surface area contributed by atoms with Gasteiger partial charge in [0, 0.05) is 13.2 Å². The number of carbonyl (C=O) groups excluding carboxylic acids is 1. The van der Waals surface area contributed by atoms with Gasteiger partial charge in [-0.25, -0.2) is 9.59 Å². The third-order valence-corrected chi connectivity index (χ3v) is 4.24. The predicted octanol–water partition coefficient (Wildman–Crippen LogP) is 1.50. The minimum atomic E-state index is -1.15. The number of hydrogen-bond donors (Lipinski definition) is 3. The highest BCUT2D eigenvalue weighted by Crippen LogP contribution is 2.39. The maximum Gasteiger partial charge on any atom is 0.329 e. The Hall–Kier alpha value is -1.30. The molecule has 1 aliphatic heterocycles. The first-order chi connectivity index (χ1) is 9.52. The highest BCUT2D eigenvalue weighted by molar-refractivity contribution is 5.86. The van der Waals surface area contributed by atoms with Crippen LogP contribution in [0.4, 0.5) is 4.79 Å². The molecular formula is C14H24N2O4. The number of amides is 2. The quantitative estimate of drug-likeness (QED) is 0.689. The molecule has 0 bridgehead atoms. The minimum absolute atomic E-state index is 0.0485. The molecule has 0 aromatic heterocycles. The second-order valence-corrected chi connectivity index (χ2v) is 5.94. The Kier molecular flexibility index (Phi) is 4.86. The van der Waals surface area contributed by atoms with Crippen molar-refractivity contribution in [3.63, 3.8) is 0 Å². The molecule has 6 heteroatoms. The fourth-order valence-corrected chi connectivity index (χ4v) is 2.65. The van der Waals surface area contributed by atoms with E-state index in [1.54, 1.807) is 6.92 Å². The van der Waals surface area contributed by atoms with Crippen molar-refractivity contribution in [1.29, 1.82) is 0 Å². The third kappa shape index (κ3) is 3.85. The molecule has 1 saturated heterocycles. The average Bonchev–Trinajstić information content (AvgIpc) is 3.24. The molecule has 2 fully saturated rings. The molecule has 0 radical (unpaired) electrons.